The van der Waals surface area contributed by atoms with Crippen molar-refractivity contribution in [2.45, 2.75) is 19.4 Å². The Morgan fingerprint density at radius 2 is 1.49 bits per heavy atom. The van der Waals surface area contributed by atoms with Gasteiger partial charge in [-0.1, -0.05) is 48.5 Å². The Kier molecular flexibility index (Phi) is 7.87. The number of H-pyrrole nitrogens is 1. The van der Waals surface area contributed by atoms with Gasteiger partial charge in [0.25, 0.3) is 0 Å². The maximum absolute atomic E-state index is 13.3. The van der Waals surface area contributed by atoms with Gasteiger partial charge in [-0.2, -0.15) is 0 Å². The van der Waals surface area contributed by atoms with Crippen molar-refractivity contribution in [1.29, 1.82) is 0 Å². The number of ether oxygens (including phenoxy) is 2. The number of rotatable bonds is 10. The molecule has 0 radical (unpaired) electrons. The number of esters is 1. The van der Waals surface area contributed by atoms with Crippen molar-refractivity contribution in [2.75, 3.05) is 11.9 Å². The number of para-hydroxylation sites is 3. The number of aromatic nitrogens is 1. The van der Waals surface area contributed by atoms with E-state index in [0.29, 0.717) is 34.9 Å². The van der Waals surface area contributed by atoms with E-state index in [4.69, 9.17) is 9.47 Å². The Bertz CT molecular complexity index is 1910. The Hall–Kier alpha value is -5.43. The summed E-state index contributed by atoms with van der Waals surface area (Å²) in [5, 5.41) is 5.48. The average molecular weight is 573 g/mol. The van der Waals surface area contributed by atoms with E-state index in [-0.39, 0.29) is 5.78 Å². The number of hydrogen-bond acceptors (Lipinski definition) is 5. The van der Waals surface area contributed by atoms with E-state index in [1.54, 1.807) is 55.5 Å². The minimum atomic E-state index is -0.745. The third-order valence-corrected chi connectivity index (χ3v) is 7.31. The van der Waals surface area contributed by atoms with Crippen molar-refractivity contribution in [2.24, 2.45) is 0 Å². The fourth-order valence-corrected chi connectivity index (χ4v) is 5.09. The lowest BCUT2D eigenvalue weighted by Gasteiger charge is -2.17. The van der Waals surface area contributed by atoms with Crippen LogP contribution >= 0.6 is 0 Å². The van der Waals surface area contributed by atoms with Gasteiger partial charge in [-0.15, -0.1) is 0 Å². The van der Waals surface area contributed by atoms with Crippen LogP contribution in [0, 0.1) is 5.82 Å². The third-order valence-electron chi connectivity index (χ3n) is 7.31. The molecule has 1 unspecified atom stereocenters. The van der Waals surface area contributed by atoms with Crippen molar-refractivity contribution in [3.8, 4) is 11.5 Å². The fraction of sp³-hybridized carbons (Fsp3) is 0.111. The molecule has 0 saturated heterocycles. The van der Waals surface area contributed by atoms with Gasteiger partial charge in [0.15, 0.2) is 5.78 Å². The summed E-state index contributed by atoms with van der Waals surface area (Å²) in [4.78, 5) is 29.4. The van der Waals surface area contributed by atoms with Crippen LogP contribution in [0.5, 0.6) is 11.5 Å². The highest BCUT2D eigenvalue weighted by Gasteiger charge is 2.20. The first-order valence-corrected chi connectivity index (χ1v) is 14.0. The second-order valence-electron chi connectivity index (χ2n) is 10.2. The minimum absolute atomic E-state index is 0.280. The van der Waals surface area contributed by atoms with Crippen LogP contribution in [0.25, 0.3) is 21.8 Å². The number of aromatic amines is 1. The van der Waals surface area contributed by atoms with Crippen molar-refractivity contribution in [3.05, 3.63) is 138 Å². The van der Waals surface area contributed by atoms with Gasteiger partial charge in [0.2, 0.25) is 0 Å². The number of nitrogens with one attached hydrogen (secondary N) is 2. The van der Waals surface area contributed by atoms with Crippen molar-refractivity contribution >= 4 is 39.2 Å². The van der Waals surface area contributed by atoms with Crippen LogP contribution in [-0.2, 0) is 11.2 Å². The topological polar surface area (TPSA) is 80.4 Å². The second-order valence-corrected chi connectivity index (χ2v) is 10.2. The first-order valence-electron chi connectivity index (χ1n) is 14.0. The quantitative estimate of drug-likeness (QED) is 0.0998. The molecule has 1 heterocycles. The van der Waals surface area contributed by atoms with Gasteiger partial charge in [-0.3, -0.25) is 4.79 Å². The van der Waals surface area contributed by atoms with Crippen LogP contribution in [0.1, 0.15) is 28.4 Å². The maximum atomic E-state index is 13.3. The van der Waals surface area contributed by atoms with Gasteiger partial charge in [0.1, 0.15) is 23.4 Å². The summed E-state index contributed by atoms with van der Waals surface area (Å²) in [6.07, 6.45) is 0.731. The van der Waals surface area contributed by atoms with Crippen LogP contribution < -0.4 is 14.8 Å². The summed E-state index contributed by atoms with van der Waals surface area (Å²) in [7, 11) is 0. The molecule has 2 N–H and O–H groups in total. The second kappa shape index (κ2) is 12.2. The number of benzene rings is 5. The normalized spacial score (nSPS) is 11.8. The monoisotopic (exact) mass is 572 g/mol. The van der Waals surface area contributed by atoms with Gasteiger partial charge in [0.05, 0.1) is 6.61 Å². The van der Waals surface area contributed by atoms with Gasteiger partial charge in [0, 0.05) is 45.0 Å². The Morgan fingerprint density at radius 1 is 0.791 bits per heavy atom. The predicted molar refractivity (Wildman–Crippen MR) is 166 cm³/mol. The van der Waals surface area contributed by atoms with Crippen molar-refractivity contribution < 1.29 is 23.5 Å². The Morgan fingerprint density at radius 3 is 2.30 bits per heavy atom. The number of ketones is 1. The maximum Gasteiger partial charge on any atom is 0.333 e. The molecule has 5 aromatic carbocycles. The largest absolute Gasteiger partial charge is 0.493 e. The van der Waals surface area contributed by atoms with Crippen molar-refractivity contribution in [1.82, 2.24) is 4.98 Å². The molecule has 0 amide bonds. The highest BCUT2D eigenvalue weighted by Crippen LogP contribution is 2.28. The molecule has 0 fully saturated rings. The zero-order chi connectivity index (χ0) is 29.8. The molecule has 214 valence electrons. The SMILES string of the molecule is CC(Nc1ccccc1C(=O)c1ccc(F)cc1)C(=O)Oc1ccc(OCCc2cccc3c2[nH]c2ccccc23)cc1. The molecule has 0 aliphatic rings. The van der Waals surface area contributed by atoms with Crippen LogP contribution in [0.3, 0.4) is 0 Å². The molecular weight excluding hydrogens is 543 g/mol. The lowest BCUT2D eigenvalue weighted by atomic mass is 10.0. The van der Waals surface area contributed by atoms with E-state index in [2.05, 4.69) is 40.6 Å². The lowest BCUT2D eigenvalue weighted by molar-refractivity contribution is -0.134. The van der Waals surface area contributed by atoms with E-state index in [1.165, 1.54) is 40.6 Å². The van der Waals surface area contributed by atoms with Crippen molar-refractivity contribution in [3.63, 3.8) is 0 Å². The molecule has 6 aromatic rings. The van der Waals surface area contributed by atoms with Crippen LogP contribution in [0.4, 0.5) is 10.1 Å². The smallest absolute Gasteiger partial charge is 0.333 e. The molecule has 1 atom stereocenters. The fourth-order valence-electron chi connectivity index (χ4n) is 5.09. The zero-order valence-corrected chi connectivity index (χ0v) is 23.5. The third kappa shape index (κ3) is 6.11. The summed E-state index contributed by atoms with van der Waals surface area (Å²) in [5.41, 5.74) is 4.62. The molecule has 43 heavy (non-hydrogen) atoms. The lowest BCUT2D eigenvalue weighted by Crippen LogP contribution is -2.31. The minimum Gasteiger partial charge on any atom is -0.493 e. The average Bonchev–Trinajstić information content (AvgIpc) is 3.42. The summed E-state index contributed by atoms with van der Waals surface area (Å²) >= 11 is 0. The molecule has 0 spiro atoms. The summed E-state index contributed by atoms with van der Waals surface area (Å²) in [6, 6.07) is 32.9. The molecular formula is C36H29FN2O4. The van der Waals surface area contributed by atoms with E-state index < -0.39 is 17.8 Å². The Labute approximate surface area is 248 Å². The number of anilines is 1. The number of hydrogen-bond donors (Lipinski definition) is 2. The van der Waals surface area contributed by atoms with Crippen LogP contribution in [0.2, 0.25) is 0 Å². The number of carbonyl (C=O) groups is 2. The molecule has 6 nitrogen and oxygen atoms in total. The molecule has 7 heteroatoms. The standard InChI is InChI=1S/C36H29FN2O4/c1-23(38-33-12-5-3-9-31(33)35(40)25-13-15-26(37)16-14-25)36(41)43-28-19-17-27(18-20-28)42-22-21-24-7-6-10-30-29-8-2-4-11-32(29)39-34(24)30/h2-20,23,38-39H,21-22H2,1H3. The molecule has 6 rings (SSSR count). The predicted octanol–water partition coefficient (Wildman–Crippen LogP) is 7.72. The van der Waals surface area contributed by atoms with Crippen LogP contribution in [-0.4, -0.2) is 29.4 Å². The highest BCUT2D eigenvalue weighted by atomic mass is 19.1. The molecule has 1 aromatic heterocycles. The van der Waals surface area contributed by atoms with Gasteiger partial charge < -0.3 is 19.8 Å². The first kappa shape index (κ1) is 27.7. The van der Waals surface area contributed by atoms with Gasteiger partial charge >= 0.3 is 5.97 Å². The van der Waals surface area contributed by atoms with E-state index in [0.717, 1.165) is 17.5 Å². The number of carbonyl (C=O) groups excluding carboxylic acids is 2. The highest BCUT2D eigenvalue weighted by molar-refractivity contribution is 6.12. The van der Waals surface area contributed by atoms with E-state index in [1.807, 2.05) is 12.1 Å². The summed E-state index contributed by atoms with van der Waals surface area (Å²) in [5.74, 6) is -0.160. The van der Waals surface area contributed by atoms with Crippen LogP contribution in [0.15, 0.2) is 115 Å². The molecule has 0 bridgehead atoms. The Balaban J connectivity index is 1.04. The number of halogens is 1. The number of fused-ring (bicyclic) bond motifs is 3. The summed E-state index contributed by atoms with van der Waals surface area (Å²) in [6.45, 7) is 2.15. The molecule has 0 saturated carbocycles. The van der Waals surface area contributed by atoms with E-state index >= 15 is 0 Å². The van der Waals surface area contributed by atoms with Gasteiger partial charge in [-0.25, -0.2) is 9.18 Å². The summed E-state index contributed by atoms with van der Waals surface area (Å²) < 4.78 is 24.9. The molecule has 0 aliphatic heterocycles. The van der Waals surface area contributed by atoms with E-state index in [9.17, 15) is 14.0 Å². The van der Waals surface area contributed by atoms with Gasteiger partial charge in [-0.05, 0) is 79.2 Å². The zero-order valence-electron chi connectivity index (χ0n) is 23.5. The first-order chi connectivity index (χ1) is 21.0. The molecule has 0 aliphatic carbocycles.